The van der Waals surface area contributed by atoms with Gasteiger partial charge in [0, 0.05) is 5.56 Å². The Balaban J connectivity index is 2.72. The Kier molecular flexibility index (Phi) is 5.47. The van der Waals surface area contributed by atoms with E-state index in [1.165, 1.54) is 7.11 Å². The molecule has 0 heterocycles. The maximum atomic E-state index is 11.2. The molecule has 4 heteroatoms. The van der Waals surface area contributed by atoms with Crippen LogP contribution >= 0.6 is 0 Å². The first kappa shape index (κ1) is 13.8. The topological polar surface area (TPSA) is 66.8 Å². The van der Waals surface area contributed by atoms with Gasteiger partial charge in [-0.25, -0.2) is 4.79 Å². The van der Waals surface area contributed by atoms with Gasteiger partial charge in [0.2, 0.25) is 0 Å². The molecule has 0 aliphatic carbocycles. The zero-order chi connectivity index (χ0) is 13.4. The number of hydrogen-bond acceptors (Lipinski definition) is 4. The van der Waals surface area contributed by atoms with E-state index in [-0.39, 0.29) is 0 Å². The van der Waals surface area contributed by atoms with E-state index in [0.717, 1.165) is 0 Å². The van der Waals surface area contributed by atoms with Crippen LogP contribution in [-0.4, -0.2) is 36.0 Å². The Morgan fingerprint density at radius 1 is 1.33 bits per heavy atom. The van der Waals surface area contributed by atoms with Crippen LogP contribution in [0.4, 0.5) is 0 Å². The summed E-state index contributed by atoms with van der Waals surface area (Å²) in [5, 5.41) is 17.4. The van der Waals surface area contributed by atoms with Crippen LogP contribution in [0.5, 0.6) is 0 Å². The van der Waals surface area contributed by atoms with Crippen LogP contribution in [-0.2, 0) is 4.74 Å². The van der Waals surface area contributed by atoms with E-state index in [9.17, 15) is 4.79 Å². The minimum absolute atomic E-state index is 0.402. The van der Waals surface area contributed by atoms with Gasteiger partial charge in [0.25, 0.3) is 0 Å². The summed E-state index contributed by atoms with van der Waals surface area (Å²) >= 11 is 0. The van der Waals surface area contributed by atoms with Gasteiger partial charge in [0.15, 0.2) is 0 Å². The average molecular weight is 244 g/mol. The van der Waals surface area contributed by atoms with Gasteiger partial charge in [-0.05, 0) is 36.1 Å². The van der Waals surface area contributed by atoms with Gasteiger partial charge in [-0.3, -0.25) is 0 Å². The number of carbonyl (C=O) groups excluding carboxylic acids is 1. The Bertz CT molecular complexity index is 523. The molecule has 0 radical (unpaired) electrons. The first-order valence-corrected chi connectivity index (χ1v) is 5.16. The minimum atomic E-state index is -1.07. The van der Waals surface area contributed by atoms with Crippen LogP contribution in [0.2, 0.25) is 0 Å². The minimum Gasteiger partial charge on any atom is -0.465 e. The lowest BCUT2D eigenvalue weighted by Crippen LogP contribution is -2.07. The molecule has 92 valence electrons. The Morgan fingerprint density at radius 2 is 2.00 bits per heavy atom. The number of aliphatic hydroxyl groups excluding tert-OH is 2. The molecule has 0 saturated heterocycles. The maximum Gasteiger partial charge on any atom is 0.337 e. The highest BCUT2D eigenvalue weighted by molar-refractivity contribution is 5.89. The fraction of sp³-hybridized carbons (Fsp3) is 0.214. The van der Waals surface area contributed by atoms with Crippen molar-refractivity contribution in [1.82, 2.24) is 0 Å². The van der Waals surface area contributed by atoms with E-state index in [1.807, 2.05) is 0 Å². The van der Waals surface area contributed by atoms with E-state index in [2.05, 4.69) is 28.4 Å². The van der Waals surface area contributed by atoms with E-state index >= 15 is 0 Å². The molecule has 0 aliphatic rings. The second-order valence-corrected chi connectivity index (χ2v) is 3.29. The highest BCUT2D eigenvalue weighted by Gasteiger charge is 2.02. The normalized spacial score (nSPS) is 10.4. The van der Waals surface area contributed by atoms with E-state index < -0.39 is 18.7 Å². The largest absolute Gasteiger partial charge is 0.465 e. The maximum absolute atomic E-state index is 11.2. The molecule has 0 saturated carbocycles. The number of aliphatic hydroxyl groups is 2. The van der Waals surface area contributed by atoms with Gasteiger partial charge in [0.1, 0.15) is 6.10 Å². The monoisotopic (exact) mass is 244 g/mol. The van der Waals surface area contributed by atoms with E-state index in [1.54, 1.807) is 24.3 Å². The second kappa shape index (κ2) is 7.13. The summed E-state index contributed by atoms with van der Waals surface area (Å²) in [4.78, 5) is 11.2. The third kappa shape index (κ3) is 4.31. The number of carbonyl (C=O) groups is 1. The van der Waals surface area contributed by atoms with Crippen molar-refractivity contribution in [2.24, 2.45) is 0 Å². The molecule has 0 aliphatic heterocycles. The molecule has 0 unspecified atom stereocenters. The summed E-state index contributed by atoms with van der Waals surface area (Å²) in [5.74, 6) is 9.64. The van der Waals surface area contributed by atoms with Gasteiger partial charge in [-0.1, -0.05) is 11.8 Å². The van der Waals surface area contributed by atoms with Crippen molar-refractivity contribution in [2.75, 3.05) is 13.7 Å². The number of esters is 1. The van der Waals surface area contributed by atoms with Crippen molar-refractivity contribution in [1.29, 1.82) is 0 Å². The van der Waals surface area contributed by atoms with Crippen molar-refractivity contribution in [3.05, 3.63) is 35.4 Å². The molecule has 0 amide bonds. The fourth-order valence-corrected chi connectivity index (χ4v) is 1.08. The van der Waals surface area contributed by atoms with E-state index in [0.29, 0.717) is 11.1 Å². The fourth-order valence-electron chi connectivity index (χ4n) is 1.08. The van der Waals surface area contributed by atoms with E-state index in [4.69, 9.17) is 10.2 Å². The van der Waals surface area contributed by atoms with Gasteiger partial charge in [-0.2, -0.15) is 0 Å². The molecule has 1 atom stereocenters. The number of rotatable bonds is 2. The Hall–Kier alpha value is -2.27. The molecule has 2 N–H and O–H groups in total. The number of hydrogen-bond donors (Lipinski definition) is 2. The standard InChI is InChI=1S/C14H12O4/c1-18-14(17)12-8-6-11(7-9-12)4-2-3-5-13(16)10-15/h6-9,13,15-16H,10H2,1H3/t13-/m0/s1. The lowest BCUT2D eigenvalue weighted by Gasteiger charge is -1.97. The predicted molar refractivity (Wildman–Crippen MR) is 65.5 cm³/mol. The molecule has 1 rings (SSSR count). The van der Waals surface area contributed by atoms with Crippen LogP contribution in [0.15, 0.2) is 24.3 Å². The zero-order valence-corrected chi connectivity index (χ0v) is 9.80. The summed E-state index contributed by atoms with van der Waals surface area (Å²) in [6, 6.07) is 6.55. The number of methoxy groups -OCH3 is 1. The van der Waals surface area contributed by atoms with Crippen molar-refractivity contribution in [2.45, 2.75) is 6.10 Å². The molecule has 1 aromatic carbocycles. The average Bonchev–Trinajstić information content (AvgIpc) is 2.43. The quantitative estimate of drug-likeness (QED) is 0.575. The third-order valence-electron chi connectivity index (χ3n) is 1.99. The first-order chi connectivity index (χ1) is 8.67. The second-order valence-electron chi connectivity index (χ2n) is 3.29. The van der Waals surface area contributed by atoms with Crippen LogP contribution < -0.4 is 0 Å². The molecular formula is C14H12O4. The van der Waals surface area contributed by atoms with Crippen molar-refractivity contribution in [3.8, 4) is 23.7 Å². The van der Waals surface area contributed by atoms with Crippen molar-refractivity contribution in [3.63, 3.8) is 0 Å². The lowest BCUT2D eigenvalue weighted by atomic mass is 10.1. The van der Waals surface area contributed by atoms with Crippen LogP contribution in [0.3, 0.4) is 0 Å². The summed E-state index contributed by atoms with van der Waals surface area (Å²) in [5.41, 5.74) is 1.14. The highest BCUT2D eigenvalue weighted by Crippen LogP contribution is 2.04. The van der Waals surface area contributed by atoms with Crippen molar-refractivity contribution >= 4 is 5.97 Å². The number of ether oxygens (including phenoxy) is 1. The van der Waals surface area contributed by atoms with Gasteiger partial charge >= 0.3 is 5.97 Å². The molecule has 0 spiro atoms. The van der Waals surface area contributed by atoms with Crippen LogP contribution in [0.1, 0.15) is 15.9 Å². The van der Waals surface area contributed by atoms with Gasteiger partial charge < -0.3 is 14.9 Å². The molecule has 0 bridgehead atoms. The lowest BCUT2D eigenvalue weighted by molar-refractivity contribution is 0.0600. The molecular weight excluding hydrogens is 232 g/mol. The van der Waals surface area contributed by atoms with Crippen LogP contribution in [0, 0.1) is 23.7 Å². The molecule has 18 heavy (non-hydrogen) atoms. The predicted octanol–water partition coefficient (Wildman–Crippen LogP) is 0.181. The summed E-state index contributed by atoms with van der Waals surface area (Å²) in [6.07, 6.45) is -1.07. The summed E-state index contributed by atoms with van der Waals surface area (Å²) in [7, 11) is 1.32. The smallest absolute Gasteiger partial charge is 0.337 e. The third-order valence-corrected chi connectivity index (χ3v) is 1.99. The highest BCUT2D eigenvalue weighted by atomic mass is 16.5. The number of benzene rings is 1. The molecule has 1 aromatic rings. The van der Waals surface area contributed by atoms with Gasteiger partial charge in [0.05, 0.1) is 19.3 Å². The van der Waals surface area contributed by atoms with Crippen molar-refractivity contribution < 1.29 is 19.7 Å². The summed E-state index contributed by atoms with van der Waals surface area (Å²) < 4.78 is 4.56. The zero-order valence-electron chi connectivity index (χ0n) is 9.80. The summed E-state index contributed by atoms with van der Waals surface area (Å²) in [6.45, 7) is -0.414. The Morgan fingerprint density at radius 3 is 2.56 bits per heavy atom. The SMILES string of the molecule is COC(=O)c1ccc(C#CC#C[C@H](O)CO)cc1. The molecule has 0 fully saturated rings. The van der Waals surface area contributed by atoms with Crippen LogP contribution in [0.25, 0.3) is 0 Å². The van der Waals surface area contributed by atoms with Gasteiger partial charge in [-0.15, -0.1) is 0 Å². The molecule has 4 nitrogen and oxygen atoms in total. The Labute approximate surface area is 105 Å². The molecule has 0 aromatic heterocycles. The first-order valence-electron chi connectivity index (χ1n) is 5.16.